The van der Waals surface area contributed by atoms with Crippen molar-refractivity contribution in [1.82, 2.24) is 0 Å². The van der Waals surface area contributed by atoms with Gasteiger partial charge in [0.2, 0.25) is 6.79 Å². The number of ether oxygens (including phenoxy) is 6. The van der Waals surface area contributed by atoms with Crippen LogP contribution in [0.4, 0.5) is 0 Å². The number of aliphatic hydroxyl groups is 1. The van der Waals surface area contributed by atoms with Crippen molar-refractivity contribution in [1.29, 1.82) is 0 Å². The number of cyclic esters (lactones) is 1. The summed E-state index contributed by atoms with van der Waals surface area (Å²) >= 11 is 0. The Hall–Kier alpha value is -3.13. The summed E-state index contributed by atoms with van der Waals surface area (Å²) in [6.07, 6.45) is 0.863. The fourth-order valence-corrected chi connectivity index (χ4v) is 4.56. The average molecular weight is 430 g/mol. The van der Waals surface area contributed by atoms with Gasteiger partial charge in [0, 0.05) is 11.8 Å². The molecule has 4 rings (SSSR count). The lowest BCUT2D eigenvalue weighted by Crippen LogP contribution is -2.34. The smallest absolute Gasteiger partial charge is 0.310 e. The lowest BCUT2D eigenvalue weighted by Gasteiger charge is -2.37. The van der Waals surface area contributed by atoms with Crippen LogP contribution in [0, 0.1) is 11.8 Å². The van der Waals surface area contributed by atoms with Crippen LogP contribution in [-0.2, 0) is 23.7 Å². The van der Waals surface area contributed by atoms with Crippen LogP contribution in [-0.4, -0.2) is 45.8 Å². The number of fused-ring (bicyclic) bond motifs is 3. The highest BCUT2D eigenvalue weighted by Crippen LogP contribution is 2.54. The minimum absolute atomic E-state index is 0.112. The molecule has 1 fully saturated rings. The number of carbonyl (C=O) groups excluding carboxylic acids is 1. The number of carbonyl (C=O) groups is 1. The van der Waals surface area contributed by atoms with E-state index in [0.717, 1.165) is 5.56 Å². The van der Waals surface area contributed by atoms with E-state index in [0.29, 0.717) is 39.9 Å². The number of hydrogen-bond acceptors (Lipinski definition) is 8. The molecule has 8 heteroatoms. The molecule has 0 unspecified atom stereocenters. The fourth-order valence-electron chi connectivity index (χ4n) is 4.56. The predicted molar refractivity (Wildman–Crippen MR) is 109 cm³/mol. The van der Waals surface area contributed by atoms with Crippen LogP contribution < -0.4 is 9.47 Å². The van der Waals surface area contributed by atoms with Crippen molar-refractivity contribution in [2.75, 3.05) is 34.7 Å². The molecule has 2 aliphatic heterocycles. The molecule has 3 aliphatic rings. The third-order valence-electron chi connectivity index (χ3n) is 6.14. The molecule has 166 valence electrons. The van der Waals surface area contributed by atoms with E-state index in [1.807, 2.05) is 6.07 Å². The summed E-state index contributed by atoms with van der Waals surface area (Å²) in [7, 11) is 4.58. The topological polar surface area (TPSA) is 92.7 Å². The van der Waals surface area contributed by atoms with E-state index in [-0.39, 0.29) is 25.3 Å². The molecule has 1 aliphatic carbocycles. The van der Waals surface area contributed by atoms with E-state index in [1.165, 1.54) is 21.3 Å². The monoisotopic (exact) mass is 430 g/mol. The van der Waals surface area contributed by atoms with Gasteiger partial charge < -0.3 is 33.5 Å². The number of rotatable bonds is 6. The maximum absolute atomic E-state index is 12.7. The summed E-state index contributed by atoms with van der Waals surface area (Å²) in [4.78, 5) is 12.7. The van der Waals surface area contributed by atoms with Crippen LogP contribution in [0.5, 0.6) is 11.5 Å². The normalized spacial score (nSPS) is 27.0. The maximum atomic E-state index is 12.7. The largest absolute Gasteiger partial charge is 0.497 e. The highest BCUT2D eigenvalue weighted by atomic mass is 16.7. The number of esters is 1. The predicted octanol–water partition coefficient (Wildman–Crippen LogP) is 2.95. The van der Waals surface area contributed by atoms with Gasteiger partial charge in [-0.15, -0.1) is 0 Å². The van der Waals surface area contributed by atoms with Gasteiger partial charge in [-0.25, -0.2) is 0 Å². The summed E-state index contributed by atoms with van der Waals surface area (Å²) in [5.74, 6) is 0.714. The first kappa shape index (κ1) is 21.1. The lowest BCUT2D eigenvalue weighted by atomic mass is 9.66. The standard InChI is InChI=1S/C23H26O8/c1-11(6-18(27-4)22(28-5)12(2)26-3)19-13-7-16-17(31-10-30-16)8-14(13)21(24)15-9-29-23(25)20(15)19/h6-8,15,19-21,24H,1,9-10H2,2-5H3/b18-6+,22-12-/t15-,19+,20+,21-/m0/s1. The molecule has 0 bridgehead atoms. The third-order valence-corrected chi connectivity index (χ3v) is 6.14. The number of allylic oxidation sites excluding steroid dienone is 3. The molecule has 2 heterocycles. The van der Waals surface area contributed by atoms with Crippen molar-refractivity contribution in [2.24, 2.45) is 11.8 Å². The van der Waals surface area contributed by atoms with Gasteiger partial charge in [0.25, 0.3) is 0 Å². The Morgan fingerprint density at radius 3 is 2.39 bits per heavy atom. The molecule has 1 N–H and O–H groups in total. The zero-order valence-electron chi connectivity index (χ0n) is 18.0. The van der Waals surface area contributed by atoms with Crippen molar-refractivity contribution in [3.63, 3.8) is 0 Å². The van der Waals surface area contributed by atoms with Crippen molar-refractivity contribution in [3.8, 4) is 11.5 Å². The molecule has 8 nitrogen and oxygen atoms in total. The van der Waals surface area contributed by atoms with Gasteiger partial charge in [-0.05, 0) is 41.8 Å². The van der Waals surface area contributed by atoms with Gasteiger partial charge in [-0.2, -0.15) is 0 Å². The Morgan fingerprint density at radius 1 is 1.10 bits per heavy atom. The molecule has 0 aromatic heterocycles. The van der Waals surface area contributed by atoms with Gasteiger partial charge in [0.05, 0.1) is 40.0 Å². The van der Waals surface area contributed by atoms with Crippen molar-refractivity contribution >= 4 is 5.97 Å². The summed E-state index contributed by atoms with van der Waals surface area (Å²) in [6.45, 7) is 6.26. The quantitative estimate of drug-likeness (QED) is 0.418. The van der Waals surface area contributed by atoms with E-state index in [4.69, 9.17) is 28.4 Å². The highest BCUT2D eigenvalue weighted by Gasteiger charge is 2.52. The highest BCUT2D eigenvalue weighted by molar-refractivity contribution is 5.78. The lowest BCUT2D eigenvalue weighted by molar-refractivity contribution is -0.141. The summed E-state index contributed by atoms with van der Waals surface area (Å²) in [5.41, 5.74) is 2.04. The second kappa shape index (κ2) is 8.19. The van der Waals surface area contributed by atoms with Gasteiger partial charge in [0.1, 0.15) is 5.76 Å². The maximum Gasteiger partial charge on any atom is 0.310 e. The van der Waals surface area contributed by atoms with E-state index in [1.54, 1.807) is 19.1 Å². The first-order valence-electron chi connectivity index (χ1n) is 9.93. The summed E-state index contributed by atoms with van der Waals surface area (Å²) in [5, 5.41) is 11.0. The molecule has 0 radical (unpaired) electrons. The zero-order chi connectivity index (χ0) is 22.3. The fraction of sp³-hybridized carbons (Fsp3) is 0.435. The van der Waals surface area contributed by atoms with Crippen LogP contribution in [0.3, 0.4) is 0 Å². The number of benzene rings is 1. The molecule has 1 aromatic carbocycles. The Bertz CT molecular complexity index is 976. The van der Waals surface area contributed by atoms with Crippen molar-refractivity contribution in [2.45, 2.75) is 18.9 Å². The molecule has 0 amide bonds. The van der Waals surface area contributed by atoms with Gasteiger partial charge >= 0.3 is 5.97 Å². The van der Waals surface area contributed by atoms with Gasteiger partial charge in [-0.3, -0.25) is 4.79 Å². The van der Waals surface area contributed by atoms with Crippen molar-refractivity contribution in [3.05, 3.63) is 58.8 Å². The molecule has 0 saturated carbocycles. The molecule has 1 saturated heterocycles. The first-order chi connectivity index (χ1) is 14.9. The second-order valence-corrected chi connectivity index (χ2v) is 7.66. The number of hydrogen-bond donors (Lipinski definition) is 1. The Morgan fingerprint density at radius 2 is 1.77 bits per heavy atom. The van der Waals surface area contributed by atoms with E-state index in [2.05, 4.69) is 6.58 Å². The Kier molecular flexibility index (Phi) is 5.58. The molecule has 4 atom stereocenters. The molecule has 1 aromatic rings. The molecular weight excluding hydrogens is 404 g/mol. The summed E-state index contributed by atoms with van der Waals surface area (Å²) in [6, 6.07) is 3.59. The zero-order valence-corrected chi connectivity index (χ0v) is 18.0. The first-order valence-corrected chi connectivity index (χ1v) is 9.93. The minimum atomic E-state index is -0.860. The molecule has 0 spiro atoms. The average Bonchev–Trinajstić information content (AvgIpc) is 3.38. The second-order valence-electron chi connectivity index (χ2n) is 7.66. The van der Waals surface area contributed by atoms with E-state index >= 15 is 0 Å². The molecular formula is C23H26O8. The third kappa shape index (κ3) is 3.40. The van der Waals surface area contributed by atoms with E-state index in [9.17, 15) is 9.90 Å². The summed E-state index contributed by atoms with van der Waals surface area (Å²) < 4.78 is 32.6. The van der Waals surface area contributed by atoms with E-state index < -0.39 is 17.9 Å². The van der Waals surface area contributed by atoms with Crippen LogP contribution in [0.25, 0.3) is 0 Å². The van der Waals surface area contributed by atoms with Gasteiger partial charge in [-0.1, -0.05) is 6.58 Å². The number of aliphatic hydroxyl groups excluding tert-OH is 1. The Balaban J connectivity index is 1.83. The van der Waals surface area contributed by atoms with Crippen LogP contribution in [0.15, 0.2) is 47.6 Å². The van der Waals surface area contributed by atoms with Crippen LogP contribution >= 0.6 is 0 Å². The van der Waals surface area contributed by atoms with Crippen LogP contribution in [0.1, 0.15) is 30.1 Å². The van der Waals surface area contributed by atoms with Crippen LogP contribution in [0.2, 0.25) is 0 Å². The number of methoxy groups -OCH3 is 3. The van der Waals surface area contributed by atoms with Gasteiger partial charge in [0.15, 0.2) is 23.0 Å². The van der Waals surface area contributed by atoms with Crippen molar-refractivity contribution < 1.29 is 38.3 Å². The minimum Gasteiger partial charge on any atom is -0.497 e. The molecule has 31 heavy (non-hydrogen) atoms. The SMILES string of the molecule is C=C(/C=C(OC)\C(OC)=C(/C)OC)[C@@H]1c2cc3c(cc2[C@H](O)[C@H]2COC(=O)[C@H]21)OCO3. The Labute approximate surface area is 180 Å².